The second kappa shape index (κ2) is 27.5. The number of nitrogens with two attached hydrogens (primary N) is 1. The van der Waals surface area contributed by atoms with E-state index in [1.807, 2.05) is 0 Å². The monoisotopic (exact) mass is 277 g/mol. The van der Waals surface area contributed by atoms with Crippen LogP contribution in [0.15, 0.2) is 0 Å². The van der Waals surface area contributed by atoms with E-state index in [-0.39, 0.29) is 184 Å². The fourth-order valence-corrected chi connectivity index (χ4v) is 0.671. The third-order valence-corrected chi connectivity index (χ3v) is 2.34. The van der Waals surface area contributed by atoms with Crippen LogP contribution in [0.5, 0.6) is 0 Å². The minimum atomic E-state index is -2.88. The van der Waals surface area contributed by atoms with Crippen molar-refractivity contribution in [2.45, 2.75) is 0 Å². The molecule has 0 bridgehead atoms. The van der Waals surface area contributed by atoms with Gasteiger partial charge < -0.3 is 14.8 Å². The Morgan fingerprint density at radius 2 is 1.14 bits per heavy atom. The topological polar surface area (TPSA) is 61.5 Å². The van der Waals surface area contributed by atoms with E-state index in [9.17, 15) is 4.57 Å². The molecular weight excluding hydrogens is 267 g/mol. The van der Waals surface area contributed by atoms with Crippen LogP contribution in [-0.4, -0.2) is 198 Å². The van der Waals surface area contributed by atoms with Gasteiger partial charge in [0.05, 0.1) is 6.29 Å². The Bertz CT molecular complexity index is 99.5. The summed E-state index contributed by atoms with van der Waals surface area (Å²) in [5, 5.41) is 0. The summed E-state index contributed by atoms with van der Waals surface area (Å²) >= 11 is 0. The van der Waals surface area contributed by atoms with Crippen LogP contribution in [0.3, 0.4) is 0 Å². The van der Waals surface area contributed by atoms with E-state index in [2.05, 4.69) is 9.05 Å². The van der Waals surface area contributed by atoms with Crippen LogP contribution < -0.4 is 5.73 Å². The van der Waals surface area contributed by atoms with Crippen molar-refractivity contribution in [3.63, 3.8) is 0 Å². The first-order valence-corrected chi connectivity index (χ1v) is 3.82. The summed E-state index contributed by atoms with van der Waals surface area (Å²) in [6.45, 7) is 0. The van der Waals surface area contributed by atoms with Crippen molar-refractivity contribution in [1.29, 1.82) is 0 Å². The van der Waals surface area contributed by atoms with E-state index < -0.39 is 7.60 Å². The fourth-order valence-electron chi connectivity index (χ4n) is 0.224. The first-order chi connectivity index (χ1) is 3.68. The number of rotatable bonds is 3. The molecule has 0 unspecified atom stereocenters. The molecule has 6 radical (unpaired) electrons. The minimum absolute atomic E-state index is 0. The SMILES string of the molecule is COP(=O)(CN)OC.[Na].[Na].[Na].[Na].[Na].[Na]. The molecule has 0 saturated carbocycles. The van der Waals surface area contributed by atoms with Crippen LogP contribution in [-0.2, 0) is 13.6 Å². The summed E-state index contributed by atoms with van der Waals surface area (Å²) < 4.78 is 19.6. The normalized spacial score (nSPS) is 6.79. The zero-order valence-corrected chi connectivity index (χ0v) is 23.9. The van der Waals surface area contributed by atoms with Crippen molar-refractivity contribution in [1.82, 2.24) is 0 Å². The zero-order chi connectivity index (χ0) is 6.62. The van der Waals surface area contributed by atoms with Gasteiger partial charge in [-0.25, -0.2) is 0 Å². The summed E-state index contributed by atoms with van der Waals surface area (Å²) in [4.78, 5) is 0. The molecule has 56 valence electrons. The van der Waals surface area contributed by atoms with Crippen LogP contribution >= 0.6 is 7.60 Å². The predicted octanol–water partition coefficient (Wildman–Crippen LogP) is -1.90. The zero-order valence-electron chi connectivity index (χ0n) is 11.0. The molecule has 0 rings (SSSR count). The quantitative estimate of drug-likeness (QED) is 0.484. The molecule has 0 amide bonds. The van der Waals surface area contributed by atoms with Crippen molar-refractivity contribution >= 4 is 185 Å². The first-order valence-electron chi connectivity index (χ1n) is 2.09. The molecule has 0 spiro atoms. The molecule has 4 nitrogen and oxygen atoms in total. The standard InChI is InChI=1S/C3H10NO3P.6Na/c1-6-8(5,3-4)7-2;;;;;;/h3-4H2,1-2H3;;;;;;. The maximum atomic E-state index is 10.8. The largest absolute Gasteiger partial charge is 0.343 e. The average molecular weight is 277 g/mol. The van der Waals surface area contributed by atoms with Crippen molar-refractivity contribution in [3.8, 4) is 0 Å². The summed E-state index contributed by atoms with van der Waals surface area (Å²) in [7, 11) is -0.279. The van der Waals surface area contributed by atoms with Gasteiger partial charge >= 0.3 is 7.60 Å². The maximum absolute atomic E-state index is 10.8. The van der Waals surface area contributed by atoms with E-state index in [0.717, 1.165) is 0 Å². The molecule has 0 aromatic rings. The Balaban J connectivity index is -0.0000000163. The molecule has 0 aliphatic heterocycles. The van der Waals surface area contributed by atoms with Crippen molar-refractivity contribution < 1.29 is 13.6 Å². The van der Waals surface area contributed by atoms with Crippen molar-refractivity contribution in [3.05, 3.63) is 0 Å². The van der Waals surface area contributed by atoms with Gasteiger partial charge in [0.25, 0.3) is 0 Å². The van der Waals surface area contributed by atoms with Gasteiger partial charge in [-0.1, -0.05) is 0 Å². The van der Waals surface area contributed by atoms with Crippen molar-refractivity contribution in [2.75, 3.05) is 20.5 Å². The third-order valence-electron chi connectivity index (χ3n) is 0.780. The Kier molecular flexibility index (Phi) is 83.8. The number of hydrogen-bond acceptors (Lipinski definition) is 4. The van der Waals surface area contributed by atoms with Gasteiger partial charge in [-0.15, -0.1) is 0 Å². The molecule has 14 heavy (non-hydrogen) atoms. The second-order valence-electron chi connectivity index (χ2n) is 1.16. The fraction of sp³-hybridized carbons (Fsp3) is 1.00. The van der Waals surface area contributed by atoms with Crippen LogP contribution in [0.2, 0.25) is 0 Å². The van der Waals surface area contributed by atoms with Gasteiger partial charge in [0.15, 0.2) is 0 Å². The van der Waals surface area contributed by atoms with Gasteiger partial charge in [0, 0.05) is 192 Å². The van der Waals surface area contributed by atoms with Crippen LogP contribution in [0.25, 0.3) is 0 Å². The smallest absolute Gasteiger partial charge is 0.320 e. The van der Waals surface area contributed by atoms with E-state index in [1.54, 1.807) is 0 Å². The molecule has 0 aromatic heterocycles. The first kappa shape index (κ1) is 42.7. The Morgan fingerprint density at radius 1 is 0.929 bits per heavy atom. The molecule has 0 atom stereocenters. The molecule has 0 saturated heterocycles. The van der Waals surface area contributed by atoms with Gasteiger partial charge in [-0.3, -0.25) is 4.57 Å². The summed E-state index contributed by atoms with van der Waals surface area (Å²) in [5.41, 5.74) is 5.01. The van der Waals surface area contributed by atoms with Gasteiger partial charge in [0.2, 0.25) is 0 Å². The Morgan fingerprint density at radius 3 is 1.14 bits per heavy atom. The molecule has 0 fully saturated rings. The minimum Gasteiger partial charge on any atom is -0.320 e. The second-order valence-corrected chi connectivity index (χ2v) is 3.48. The van der Waals surface area contributed by atoms with Crippen molar-refractivity contribution in [2.24, 2.45) is 5.73 Å². The van der Waals surface area contributed by atoms with Gasteiger partial charge in [-0.2, -0.15) is 0 Å². The molecular formula is C3H10NNa6O3P. The van der Waals surface area contributed by atoms with E-state index in [4.69, 9.17) is 5.73 Å². The summed E-state index contributed by atoms with van der Waals surface area (Å²) in [6.07, 6.45) is -0.0694. The van der Waals surface area contributed by atoms with Crippen LogP contribution in [0.4, 0.5) is 0 Å². The van der Waals surface area contributed by atoms with Crippen LogP contribution in [0, 0.1) is 0 Å². The number of hydrogen-bond donors (Lipinski definition) is 1. The third kappa shape index (κ3) is 23.2. The molecule has 0 aromatic carbocycles. The average Bonchev–Trinajstić information content (AvgIpc) is 1.87. The summed E-state index contributed by atoms with van der Waals surface area (Å²) in [6, 6.07) is 0. The van der Waals surface area contributed by atoms with Gasteiger partial charge in [0.1, 0.15) is 0 Å². The predicted molar refractivity (Wildman–Crippen MR) is 65.2 cm³/mol. The maximum Gasteiger partial charge on any atom is 0.343 e. The molecule has 0 heterocycles. The Labute approximate surface area is 219 Å². The molecule has 0 aliphatic carbocycles. The van der Waals surface area contributed by atoms with E-state index >= 15 is 0 Å². The molecule has 2 N–H and O–H groups in total. The molecule has 11 heteroatoms. The molecule has 0 aliphatic rings. The Hall–Kier alpha value is 6.11. The van der Waals surface area contributed by atoms with E-state index in [0.29, 0.717) is 0 Å². The van der Waals surface area contributed by atoms with Gasteiger partial charge in [-0.05, 0) is 0 Å². The van der Waals surface area contributed by atoms with E-state index in [1.165, 1.54) is 14.2 Å². The summed E-state index contributed by atoms with van der Waals surface area (Å²) in [5.74, 6) is 0. The van der Waals surface area contributed by atoms with Crippen LogP contribution in [0.1, 0.15) is 0 Å².